The van der Waals surface area contributed by atoms with Crippen molar-refractivity contribution in [3.8, 4) is 11.8 Å². The summed E-state index contributed by atoms with van der Waals surface area (Å²) in [6, 6.07) is 20.2. The van der Waals surface area contributed by atoms with Gasteiger partial charge in [-0.15, -0.1) is 11.3 Å². The molecule has 0 aliphatic carbocycles. The Kier molecular flexibility index (Phi) is 6.17. The fourth-order valence-electron chi connectivity index (χ4n) is 3.65. The number of H-pyrrole nitrogens is 1. The van der Waals surface area contributed by atoms with E-state index < -0.39 is 33.4 Å². The fraction of sp³-hybridized carbons (Fsp3) is 0.160. The van der Waals surface area contributed by atoms with Gasteiger partial charge >= 0.3 is 5.97 Å². The number of carboxylic acid groups (broad SMARTS) is 1. The van der Waals surface area contributed by atoms with E-state index in [1.807, 2.05) is 54.6 Å². The van der Waals surface area contributed by atoms with Crippen molar-refractivity contribution in [1.82, 2.24) is 4.98 Å². The Balaban J connectivity index is 1.58. The number of thiophene rings is 1. The molecule has 0 radical (unpaired) electrons. The minimum Gasteiger partial charge on any atom is -0.481 e. The molecule has 0 spiro atoms. The summed E-state index contributed by atoms with van der Waals surface area (Å²) in [7, 11) is -3.80. The number of benzene rings is 2. The van der Waals surface area contributed by atoms with Crippen LogP contribution in [0.2, 0.25) is 0 Å². The first-order valence-electron chi connectivity index (χ1n) is 10.0. The van der Waals surface area contributed by atoms with Crippen LogP contribution in [0, 0.1) is 17.8 Å². The van der Waals surface area contributed by atoms with Crippen molar-refractivity contribution in [3.63, 3.8) is 0 Å². The predicted molar refractivity (Wildman–Crippen MR) is 127 cm³/mol. The Bertz CT molecular complexity index is 1420. The van der Waals surface area contributed by atoms with E-state index in [9.17, 15) is 18.3 Å². The van der Waals surface area contributed by atoms with E-state index in [0.29, 0.717) is 4.88 Å². The van der Waals surface area contributed by atoms with Gasteiger partial charge in [0.05, 0.1) is 16.5 Å². The van der Waals surface area contributed by atoms with Gasteiger partial charge in [0.25, 0.3) is 0 Å². The largest absolute Gasteiger partial charge is 0.481 e. The highest BCUT2D eigenvalue weighted by Gasteiger charge is 2.33. The third-order valence-electron chi connectivity index (χ3n) is 5.42. The maximum absolute atomic E-state index is 13.1. The Morgan fingerprint density at radius 1 is 1.03 bits per heavy atom. The molecule has 2 heterocycles. The zero-order valence-corrected chi connectivity index (χ0v) is 18.9. The Morgan fingerprint density at radius 2 is 1.75 bits per heavy atom. The Labute approximate surface area is 190 Å². The topological polar surface area (TPSA) is 87.2 Å². The predicted octanol–water partition coefficient (Wildman–Crippen LogP) is 4.91. The fourth-order valence-corrected chi connectivity index (χ4v) is 6.56. The number of para-hydroxylation sites is 1. The van der Waals surface area contributed by atoms with Gasteiger partial charge in [-0.1, -0.05) is 55.2 Å². The van der Waals surface area contributed by atoms with Crippen LogP contribution < -0.4 is 0 Å². The summed E-state index contributed by atoms with van der Waals surface area (Å²) in [5.41, 5.74) is 2.52. The number of aromatic nitrogens is 1. The van der Waals surface area contributed by atoms with Gasteiger partial charge in [-0.25, -0.2) is 8.42 Å². The number of fused-ring (bicyclic) bond motifs is 1. The second-order valence-electron chi connectivity index (χ2n) is 7.54. The maximum Gasteiger partial charge on any atom is 0.308 e. The van der Waals surface area contributed by atoms with E-state index in [1.165, 1.54) is 6.07 Å². The third-order valence-corrected chi connectivity index (χ3v) is 8.78. The summed E-state index contributed by atoms with van der Waals surface area (Å²) in [5, 5.41) is 10.7. The molecular weight excluding hydrogens is 442 g/mol. The average Bonchev–Trinajstić information content (AvgIpc) is 3.44. The quantitative estimate of drug-likeness (QED) is 0.398. The van der Waals surface area contributed by atoms with Crippen molar-refractivity contribution in [2.45, 2.75) is 17.1 Å². The van der Waals surface area contributed by atoms with Gasteiger partial charge in [-0.3, -0.25) is 4.79 Å². The van der Waals surface area contributed by atoms with Crippen LogP contribution in [-0.2, 0) is 14.6 Å². The minimum absolute atomic E-state index is 0.132. The first kappa shape index (κ1) is 21.9. The molecule has 0 aliphatic heterocycles. The Hall–Kier alpha value is -3.34. The number of sulfone groups is 1. The average molecular weight is 464 g/mol. The molecule has 0 amide bonds. The SMILES string of the molecule is CC(c1c[nH]c2ccccc12)[C@H](CS(=O)(=O)c1ccc(C#Cc2ccccc2)s1)C(=O)O. The molecule has 2 atom stereocenters. The normalized spacial score (nSPS) is 13.3. The van der Waals surface area contributed by atoms with Gasteiger partial charge < -0.3 is 10.1 Å². The van der Waals surface area contributed by atoms with Crippen LogP contribution in [0.5, 0.6) is 0 Å². The number of rotatable bonds is 6. The van der Waals surface area contributed by atoms with Gasteiger partial charge in [-0.05, 0) is 41.8 Å². The van der Waals surface area contributed by atoms with Crippen LogP contribution in [0.15, 0.2) is 77.1 Å². The maximum atomic E-state index is 13.1. The monoisotopic (exact) mass is 463 g/mol. The molecule has 0 saturated heterocycles. The highest BCUT2D eigenvalue weighted by Crippen LogP contribution is 2.33. The lowest BCUT2D eigenvalue weighted by Crippen LogP contribution is -2.28. The summed E-state index contributed by atoms with van der Waals surface area (Å²) in [6.45, 7) is 1.76. The summed E-state index contributed by atoms with van der Waals surface area (Å²) >= 11 is 1.06. The number of hydrogen-bond acceptors (Lipinski definition) is 4. The molecule has 0 aliphatic rings. The second-order valence-corrected chi connectivity index (χ2v) is 10.9. The van der Waals surface area contributed by atoms with Crippen LogP contribution in [-0.4, -0.2) is 30.2 Å². The lowest BCUT2D eigenvalue weighted by molar-refractivity contribution is -0.141. The molecule has 0 saturated carbocycles. The number of aromatic amines is 1. The van der Waals surface area contributed by atoms with E-state index in [-0.39, 0.29) is 4.21 Å². The molecule has 4 aromatic rings. The van der Waals surface area contributed by atoms with Crippen molar-refractivity contribution in [1.29, 1.82) is 0 Å². The number of carboxylic acids is 1. The molecule has 0 fully saturated rings. The van der Waals surface area contributed by atoms with Crippen LogP contribution >= 0.6 is 11.3 Å². The van der Waals surface area contributed by atoms with E-state index >= 15 is 0 Å². The zero-order valence-electron chi connectivity index (χ0n) is 17.3. The summed E-state index contributed by atoms with van der Waals surface area (Å²) < 4.78 is 26.3. The van der Waals surface area contributed by atoms with E-state index in [0.717, 1.165) is 33.4 Å². The molecule has 1 unspecified atom stereocenters. The molecule has 2 N–H and O–H groups in total. The summed E-state index contributed by atoms with van der Waals surface area (Å²) in [6.07, 6.45) is 1.76. The number of hydrogen-bond donors (Lipinski definition) is 2. The molecule has 4 rings (SSSR count). The summed E-state index contributed by atoms with van der Waals surface area (Å²) in [4.78, 5) is 15.8. The lowest BCUT2D eigenvalue weighted by atomic mass is 9.88. The number of carbonyl (C=O) groups is 1. The first-order valence-corrected chi connectivity index (χ1v) is 12.5. The van der Waals surface area contributed by atoms with Gasteiger partial charge in [-0.2, -0.15) is 0 Å². The number of aliphatic carboxylic acids is 1. The van der Waals surface area contributed by atoms with Crippen molar-refractivity contribution < 1.29 is 18.3 Å². The van der Waals surface area contributed by atoms with Gasteiger partial charge in [0, 0.05) is 22.7 Å². The summed E-state index contributed by atoms with van der Waals surface area (Å²) in [5.74, 6) is 2.80. The molecular formula is C25H21NO4S2. The molecule has 5 nitrogen and oxygen atoms in total. The lowest BCUT2D eigenvalue weighted by Gasteiger charge is -2.19. The highest BCUT2D eigenvalue weighted by molar-refractivity contribution is 7.93. The van der Waals surface area contributed by atoms with Gasteiger partial charge in [0.2, 0.25) is 0 Å². The van der Waals surface area contributed by atoms with Crippen molar-refractivity contribution >= 4 is 38.0 Å². The van der Waals surface area contributed by atoms with Crippen LogP contribution in [0.25, 0.3) is 10.9 Å². The third kappa shape index (κ3) is 4.62. The van der Waals surface area contributed by atoms with Crippen LogP contribution in [0.1, 0.15) is 28.8 Å². The van der Waals surface area contributed by atoms with Crippen LogP contribution in [0.4, 0.5) is 0 Å². The highest BCUT2D eigenvalue weighted by atomic mass is 32.2. The zero-order chi connectivity index (χ0) is 22.7. The van der Waals surface area contributed by atoms with Crippen LogP contribution in [0.3, 0.4) is 0 Å². The van der Waals surface area contributed by atoms with Crippen molar-refractivity contribution in [2.75, 3.05) is 5.75 Å². The molecule has 162 valence electrons. The minimum atomic E-state index is -3.80. The standard InChI is InChI=1S/C25H21NO4S2/c1-17(21-15-26-23-10-6-5-9-20(21)23)22(25(27)28)16-32(29,30)24-14-13-19(31-24)12-11-18-7-3-2-4-8-18/h2-10,13-15,17,22,26H,16H2,1H3,(H,27,28)/t17?,22-/m0/s1. The first-order chi connectivity index (χ1) is 15.3. The second kappa shape index (κ2) is 9.03. The molecule has 2 aromatic heterocycles. The molecule has 7 heteroatoms. The Morgan fingerprint density at radius 3 is 2.50 bits per heavy atom. The smallest absolute Gasteiger partial charge is 0.308 e. The van der Waals surface area contributed by atoms with Crippen molar-refractivity contribution in [3.05, 3.63) is 88.9 Å². The van der Waals surface area contributed by atoms with E-state index in [2.05, 4.69) is 16.8 Å². The molecule has 32 heavy (non-hydrogen) atoms. The van der Waals surface area contributed by atoms with E-state index in [4.69, 9.17) is 0 Å². The number of nitrogens with one attached hydrogen (secondary N) is 1. The van der Waals surface area contributed by atoms with Crippen molar-refractivity contribution in [2.24, 2.45) is 5.92 Å². The van der Waals surface area contributed by atoms with Gasteiger partial charge in [0.15, 0.2) is 9.84 Å². The molecule has 0 bridgehead atoms. The molecule has 2 aromatic carbocycles. The van der Waals surface area contributed by atoms with Gasteiger partial charge in [0.1, 0.15) is 4.21 Å². The van der Waals surface area contributed by atoms with E-state index in [1.54, 1.807) is 19.2 Å².